The van der Waals surface area contributed by atoms with E-state index < -0.39 is 11.8 Å². The number of aromatic nitrogens is 1. The van der Waals surface area contributed by atoms with E-state index in [4.69, 9.17) is 25.8 Å². The van der Waals surface area contributed by atoms with Crippen LogP contribution in [0.3, 0.4) is 0 Å². The van der Waals surface area contributed by atoms with Gasteiger partial charge in [0.15, 0.2) is 11.5 Å². The van der Waals surface area contributed by atoms with Gasteiger partial charge in [-0.15, -0.1) is 0 Å². The number of hydrogen-bond donors (Lipinski definition) is 3. The third kappa shape index (κ3) is 6.11. The zero-order valence-electron chi connectivity index (χ0n) is 20.7. The highest BCUT2D eigenvalue weighted by atomic mass is 35.5. The molecule has 4 aromatic rings. The van der Waals surface area contributed by atoms with E-state index in [9.17, 15) is 9.59 Å². The Labute approximate surface area is 223 Å². The van der Waals surface area contributed by atoms with E-state index in [0.717, 1.165) is 22.3 Å². The number of carbonyl (C=O) groups excluding carboxylic acids is 2. The summed E-state index contributed by atoms with van der Waals surface area (Å²) < 4.78 is 15.8. The molecule has 1 heterocycles. The maximum absolute atomic E-state index is 12.3. The second-order valence-corrected chi connectivity index (χ2v) is 8.27. The monoisotopic (exact) mass is 533 g/mol. The molecule has 194 valence electrons. The van der Waals surface area contributed by atoms with Crippen molar-refractivity contribution in [2.24, 2.45) is 5.10 Å². The molecule has 0 aliphatic heterocycles. The van der Waals surface area contributed by atoms with Crippen molar-refractivity contribution in [1.29, 1.82) is 0 Å². The Bertz CT molecular complexity index is 1480. The number of methoxy groups -OCH3 is 3. The van der Waals surface area contributed by atoms with Crippen molar-refractivity contribution in [3.8, 4) is 17.2 Å². The number of pyridine rings is 1. The van der Waals surface area contributed by atoms with Crippen molar-refractivity contribution in [2.75, 3.05) is 32.0 Å². The van der Waals surface area contributed by atoms with Gasteiger partial charge in [0.2, 0.25) is 5.75 Å². The fourth-order valence-corrected chi connectivity index (χ4v) is 3.77. The molecule has 4 rings (SSSR count). The number of fused-ring (bicyclic) bond motifs is 1. The Morgan fingerprint density at radius 3 is 2.21 bits per heavy atom. The predicted molar refractivity (Wildman–Crippen MR) is 147 cm³/mol. The van der Waals surface area contributed by atoms with Crippen LogP contribution in [-0.4, -0.2) is 44.3 Å². The quantitative estimate of drug-likeness (QED) is 0.170. The lowest BCUT2D eigenvalue weighted by Crippen LogP contribution is -2.32. The van der Waals surface area contributed by atoms with Gasteiger partial charge in [0, 0.05) is 39.2 Å². The molecule has 11 heteroatoms. The van der Waals surface area contributed by atoms with Crippen LogP contribution in [-0.2, 0) is 9.59 Å². The SMILES string of the molecule is COc1cc(/C=N/NC(=O)C(=O)Nc2ccc(Nc3ccnc4cc(Cl)ccc34)cc2)cc(OC)c1OC. The summed E-state index contributed by atoms with van der Waals surface area (Å²) in [5, 5.41) is 11.2. The van der Waals surface area contributed by atoms with Gasteiger partial charge in [-0.25, -0.2) is 5.43 Å². The lowest BCUT2D eigenvalue weighted by Gasteiger charge is -2.12. The molecule has 0 saturated carbocycles. The first kappa shape index (κ1) is 26.2. The summed E-state index contributed by atoms with van der Waals surface area (Å²) in [7, 11) is 4.48. The minimum absolute atomic E-state index is 0.427. The number of halogens is 1. The molecular weight excluding hydrogens is 510 g/mol. The Kier molecular flexibility index (Phi) is 8.24. The fourth-order valence-electron chi connectivity index (χ4n) is 3.60. The van der Waals surface area contributed by atoms with Crippen LogP contribution in [0.5, 0.6) is 17.2 Å². The normalized spacial score (nSPS) is 10.7. The Morgan fingerprint density at radius 2 is 1.55 bits per heavy atom. The van der Waals surface area contributed by atoms with Crippen molar-refractivity contribution >= 4 is 57.6 Å². The van der Waals surface area contributed by atoms with Gasteiger partial charge in [-0.05, 0) is 60.7 Å². The van der Waals surface area contributed by atoms with E-state index in [1.54, 1.807) is 54.7 Å². The van der Waals surface area contributed by atoms with Gasteiger partial charge in [-0.2, -0.15) is 5.10 Å². The first-order valence-corrected chi connectivity index (χ1v) is 11.7. The minimum atomic E-state index is -0.933. The first-order chi connectivity index (χ1) is 18.4. The number of rotatable bonds is 8. The van der Waals surface area contributed by atoms with Crippen molar-refractivity contribution in [2.45, 2.75) is 0 Å². The van der Waals surface area contributed by atoms with Crippen molar-refractivity contribution in [3.63, 3.8) is 0 Å². The second kappa shape index (κ2) is 11.9. The number of carbonyl (C=O) groups is 2. The molecule has 0 radical (unpaired) electrons. The summed E-state index contributed by atoms with van der Waals surface area (Å²) in [6, 6.07) is 17.5. The Balaban J connectivity index is 1.36. The lowest BCUT2D eigenvalue weighted by molar-refractivity contribution is -0.136. The van der Waals surface area contributed by atoms with Gasteiger partial charge in [0.25, 0.3) is 0 Å². The largest absolute Gasteiger partial charge is 0.493 e. The molecule has 3 aromatic carbocycles. The summed E-state index contributed by atoms with van der Waals surface area (Å²) >= 11 is 6.06. The third-order valence-electron chi connectivity index (χ3n) is 5.40. The van der Waals surface area contributed by atoms with E-state index in [1.165, 1.54) is 27.5 Å². The molecule has 38 heavy (non-hydrogen) atoms. The molecule has 0 unspecified atom stereocenters. The molecule has 0 saturated heterocycles. The first-order valence-electron chi connectivity index (χ1n) is 11.3. The van der Waals surface area contributed by atoms with E-state index in [2.05, 4.69) is 26.1 Å². The maximum Gasteiger partial charge on any atom is 0.329 e. The van der Waals surface area contributed by atoms with Gasteiger partial charge < -0.3 is 24.8 Å². The van der Waals surface area contributed by atoms with Crippen LogP contribution in [0.25, 0.3) is 10.9 Å². The highest BCUT2D eigenvalue weighted by Gasteiger charge is 2.14. The molecule has 1 aromatic heterocycles. The zero-order valence-corrected chi connectivity index (χ0v) is 21.5. The van der Waals surface area contributed by atoms with Crippen molar-refractivity contribution in [1.82, 2.24) is 10.4 Å². The molecular formula is C27H24ClN5O5. The maximum atomic E-state index is 12.3. The summed E-state index contributed by atoms with van der Waals surface area (Å²) in [5.74, 6) is -0.521. The predicted octanol–water partition coefficient (Wildman–Crippen LogP) is 4.75. The second-order valence-electron chi connectivity index (χ2n) is 7.83. The van der Waals surface area contributed by atoms with Crippen LogP contribution >= 0.6 is 11.6 Å². The number of amides is 2. The molecule has 0 aliphatic carbocycles. The van der Waals surface area contributed by atoms with Crippen LogP contribution < -0.4 is 30.3 Å². The number of nitrogens with zero attached hydrogens (tertiary/aromatic N) is 2. The Hall–Kier alpha value is -4.83. The number of ether oxygens (including phenoxy) is 3. The van der Waals surface area contributed by atoms with Crippen molar-refractivity contribution < 1.29 is 23.8 Å². The molecule has 0 fully saturated rings. The summed E-state index contributed by atoms with van der Waals surface area (Å²) in [5.41, 5.74) is 5.61. The average Bonchev–Trinajstić information content (AvgIpc) is 2.93. The highest BCUT2D eigenvalue weighted by molar-refractivity contribution is 6.39. The van der Waals surface area contributed by atoms with Gasteiger partial charge in [-0.3, -0.25) is 14.6 Å². The number of hydrazone groups is 1. The van der Waals surface area contributed by atoms with E-state index in [1.807, 2.05) is 12.1 Å². The summed E-state index contributed by atoms with van der Waals surface area (Å²) in [6.07, 6.45) is 3.05. The third-order valence-corrected chi connectivity index (χ3v) is 5.63. The topological polar surface area (TPSA) is 123 Å². The summed E-state index contributed by atoms with van der Waals surface area (Å²) in [4.78, 5) is 28.8. The van der Waals surface area contributed by atoms with Crippen LogP contribution in [0.1, 0.15) is 5.56 Å². The fraction of sp³-hybridized carbons (Fsp3) is 0.111. The Morgan fingerprint density at radius 1 is 0.868 bits per heavy atom. The molecule has 0 bridgehead atoms. The van der Waals surface area contributed by atoms with Gasteiger partial charge in [0.1, 0.15) is 0 Å². The molecule has 10 nitrogen and oxygen atoms in total. The number of hydrogen-bond acceptors (Lipinski definition) is 8. The van der Waals surface area contributed by atoms with Crippen LogP contribution in [0.2, 0.25) is 5.02 Å². The highest BCUT2D eigenvalue weighted by Crippen LogP contribution is 2.37. The number of nitrogens with one attached hydrogen (secondary N) is 3. The lowest BCUT2D eigenvalue weighted by atomic mass is 10.2. The van der Waals surface area contributed by atoms with Crippen molar-refractivity contribution in [3.05, 3.63) is 77.4 Å². The van der Waals surface area contributed by atoms with Gasteiger partial charge in [-0.1, -0.05) is 11.6 Å². The molecule has 3 N–H and O–H groups in total. The van der Waals surface area contributed by atoms with Gasteiger partial charge in [0.05, 0.1) is 33.1 Å². The van der Waals surface area contributed by atoms with Gasteiger partial charge >= 0.3 is 11.8 Å². The average molecular weight is 534 g/mol. The van der Waals surface area contributed by atoms with Crippen LogP contribution in [0.15, 0.2) is 72.0 Å². The van der Waals surface area contributed by atoms with E-state index in [0.29, 0.717) is 33.5 Å². The van der Waals surface area contributed by atoms with E-state index in [-0.39, 0.29) is 0 Å². The zero-order chi connectivity index (χ0) is 27.1. The number of benzene rings is 3. The van der Waals surface area contributed by atoms with Crippen LogP contribution in [0.4, 0.5) is 17.1 Å². The molecule has 0 spiro atoms. The van der Waals surface area contributed by atoms with E-state index >= 15 is 0 Å². The standard InChI is InChI=1S/C27H24ClN5O5/c1-36-23-12-16(13-24(37-2)25(23)38-3)15-30-33-27(35)26(34)32-19-7-5-18(6-8-19)31-21-10-11-29-22-14-17(28)4-9-20(21)22/h4-15H,1-3H3,(H,29,31)(H,32,34)(H,33,35)/b30-15+. The molecule has 0 atom stereocenters. The summed E-state index contributed by atoms with van der Waals surface area (Å²) in [6.45, 7) is 0. The molecule has 2 amide bonds. The minimum Gasteiger partial charge on any atom is -0.493 e. The van der Waals surface area contributed by atoms with Crippen LogP contribution in [0, 0.1) is 0 Å². The smallest absolute Gasteiger partial charge is 0.329 e. The molecule has 0 aliphatic rings. The number of anilines is 3.